The van der Waals surface area contributed by atoms with Gasteiger partial charge in [-0.2, -0.15) is 0 Å². The Hall–Kier alpha value is -1.59. The third-order valence-corrected chi connectivity index (χ3v) is 6.31. The minimum atomic E-state index is -0.461. The number of hydrogen-bond acceptors (Lipinski definition) is 4. The molecule has 4 rings (SSSR count). The lowest BCUT2D eigenvalue weighted by molar-refractivity contribution is -0.113. The summed E-state index contributed by atoms with van der Waals surface area (Å²) in [6, 6.07) is 14.2. The second-order valence-corrected chi connectivity index (χ2v) is 8.66. The molecule has 1 aliphatic carbocycles. The minimum absolute atomic E-state index is 0.0801. The molecule has 1 heterocycles. The summed E-state index contributed by atoms with van der Waals surface area (Å²) < 4.78 is 12.0. The van der Waals surface area contributed by atoms with Crippen LogP contribution in [0.2, 0.25) is 5.02 Å². The van der Waals surface area contributed by atoms with Crippen LogP contribution in [0.1, 0.15) is 61.3 Å². The molecule has 1 saturated heterocycles. The van der Waals surface area contributed by atoms with E-state index in [1.807, 2.05) is 24.3 Å². The van der Waals surface area contributed by atoms with E-state index in [4.69, 9.17) is 21.1 Å². The van der Waals surface area contributed by atoms with Gasteiger partial charge in [-0.25, -0.2) is 0 Å². The zero-order valence-electron chi connectivity index (χ0n) is 16.6. The first-order valence-electron chi connectivity index (χ1n) is 10.6. The van der Waals surface area contributed by atoms with Crippen molar-refractivity contribution in [2.75, 3.05) is 6.61 Å². The van der Waals surface area contributed by atoms with Crippen LogP contribution in [0.5, 0.6) is 5.75 Å². The maximum atomic E-state index is 10.1. The van der Waals surface area contributed by atoms with Gasteiger partial charge in [0.15, 0.2) is 0 Å². The maximum absolute atomic E-state index is 10.1. The fourth-order valence-electron chi connectivity index (χ4n) is 4.36. The monoisotopic (exact) mass is 416 g/mol. The van der Waals surface area contributed by atoms with Gasteiger partial charge in [-0.3, -0.25) is 0 Å². The Morgan fingerprint density at radius 2 is 1.79 bits per heavy atom. The van der Waals surface area contributed by atoms with Gasteiger partial charge in [-0.15, -0.1) is 0 Å². The fourth-order valence-corrected chi connectivity index (χ4v) is 4.54. The van der Waals surface area contributed by atoms with E-state index in [2.05, 4.69) is 18.2 Å². The Balaban J connectivity index is 1.45. The first-order chi connectivity index (χ1) is 14.1. The normalized spacial score (nSPS) is 25.3. The molecule has 3 unspecified atom stereocenters. The quantitative estimate of drug-likeness (QED) is 0.708. The molecule has 156 valence electrons. The van der Waals surface area contributed by atoms with Gasteiger partial charge in [0.1, 0.15) is 5.75 Å². The predicted molar refractivity (Wildman–Crippen MR) is 114 cm³/mol. The van der Waals surface area contributed by atoms with Gasteiger partial charge in [0.25, 0.3) is 0 Å². The number of rotatable bonds is 6. The highest BCUT2D eigenvalue weighted by Gasteiger charge is 2.29. The van der Waals surface area contributed by atoms with Gasteiger partial charge in [-0.1, -0.05) is 35.9 Å². The lowest BCUT2D eigenvalue weighted by Crippen LogP contribution is -2.33. The molecule has 2 aliphatic rings. The van der Waals surface area contributed by atoms with E-state index in [1.165, 1.54) is 18.4 Å². The molecule has 2 aromatic rings. The van der Waals surface area contributed by atoms with Crippen LogP contribution < -0.4 is 4.74 Å². The molecule has 2 aromatic carbocycles. The van der Waals surface area contributed by atoms with E-state index in [0.717, 1.165) is 41.2 Å². The van der Waals surface area contributed by atoms with Crippen molar-refractivity contribution >= 4 is 11.6 Å². The van der Waals surface area contributed by atoms with Crippen molar-refractivity contribution < 1.29 is 19.7 Å². The average Bonchev–Trinajstić information content (AvgIpc) is 3.23. The Morgan fingerprint density at radius 1 is 1.03 bits per heavy atom. The highest BCUT2D eigenvalue weighted by molar-refractivity contribution is 6.31. The Morgan fingerprint density at radius 3 is 2.52 bits per heavy atom. The SMILES string of the molecule is OCC1CC(O)CC(c2ccc(Cl)c(Cc3ccc(OC4CCCC4)cc3)c2)O1. The zero-order valence-corrected chi connectivity index (χ0v) is 17.4. The zero-order chi connectivity index (χ0) is 20.2. The van der Waals surface area contributed by atoms with E-state index in [1.54, 1.807) is 0 Å². The van der Waals surface area contributed by atoms with Crippen molar-refractivity contribution in [2.45, 2.75) is 69.4 Å². The smallest absolute Gasteiger partial charge is 0.119 e. The number of aliphatic hydroxyl groups is 2. The number of halogens is 1. The van der Waals surface area contributed by atoms with Crippen LogP contribution in [-0.4, -0.2) is 35.1 Å². The molecule has 0 spiro atoms. The Labute approximate surface area is 177 Å². The average molecular weight is 417 g/mol. The van der Waals surface area contributed by atoms with Crippen molar-refractivity contribution in [2.24, 2.45) is 0 Å². The summed E-state index contributed by atoms with van der Waals surface area (Å²) >= 11 is 6.46. The standard InChI is InChI=1S/C24H29ClO4/c25-23-10-7-17(24-14-19(27)13-22(15-26)29-24)12-18(23)11-16-5-8-21(9-6-16)28-20-3-1-2-4-20/h5-10,12,19-20,22,24,26-27H,1-4,11,13-15H2. The Bertz CT molecular complexity index is 801. The third kappa shape index (κ3) is 5.32. The minimum Gasteiger partial charge on any atom is -0.490 e. The highest BCUT2D eigenvalue weighted by atomic mass is 35.5. The molecule has 29 heavy (non-hydrogen) atoms. The molecule has 0 radical (unpaired) electrons. The molecule has 0 amide bonds. The van der Waals surface area contributed by atoms with Gasteiger partial charge in [0, 0.05) is 17.9 Å². The third-order valence-electron chi connectivity index (χ3n) is 5.95. The van der Waals surface area contributed by atoms with Gasteiger partial charge >= 0.3 is 0 Å². The van der Waals surface area contributed by atoms with Crippen LogP contribution in [0.3, 0.4) is 0 Å². The lowest BCUT2D eigenvalue weighted by Gasteiger charge is -2.32. The molecular formula is C24H29ClO4. The van der Waals surface area contributed by atoms with Crippen LogP contribution in [-0.2, 0) is 11.2 Å². The number of ether oxygens (including phenoxy) is 2. The van der Waals surface area contributed by atoms with Crippen molar-refractivity contribution in [3.8, 4) is 5.75 Å². The second kappa shape index (κ2) is 9.48. The second-order valence-electron chi connectivity index (χ2n) is 8.25. The van der Waals surface area contributed by atoms with Crippen LogP contribution >= 0.6 is 11.6 Å². The summed E-state index contributed by atoms with van der Waals surface area (Å²) in [6.45, 7) is -0.0801. The van der Waals surface area contributed by atoms with Crippen molar-refractivity contribution in [3.05, 3.63) is 64.2 Å². The number of hydrogen-bond donors (Lipinski definition) is 2. The van der Waals surface area contributed by atoms with E-state index >= 15 is 0 Å². The summed E-state index contributed by atoms with van der Waals surface area (Å²) in [5.41, 5.74) is 3.18. The van der Waals surface area contributed by atoms with Gasteiger partial charge in [0.2, 0.25) is 0 Å². The highest BCUT2D eigenvalue weighted by Crippen LogP contribution is 2.34. The molecular weight excluding hydrogens is 388 g/mol. The van der Waals surface area contributed by atoms with Crippen LogP contribution in [0.4, 0.5) is 0 Å². The molecule has 1 aliphatic heterocycles. The predicted octanol–water partition coefficient (Wildman–Crippen LogP) is 4.83. The molecule has 3 atom stereocenters. The molecule has 2 N–H and O–H groups in total. The van der Waals surface area contributed by atoms with E-state index in [9.17, 15) is 10.2 Å². The molecule has 0 aromatic heterocycles. The van der Waals surface area contributed by atoms with Crippen molar-refractivity contribution in [3.63, 3.8) is 0 Å². The van der Waals surface area contributed by atoms with Gasteiger partial charge in [0.05, 0.1) is 31.0 Å². The summed E-state index contributed by atoms with van der Waals surface area (Å²) in [7, 11) is 0. The maximum Gasteiger partial charge on any atom is 0.119 e. The van der Waals surface area contributed by atoms with E-state index in [0.29, 0.717) is 18.9 Å². The van der Waals surface area contributed by atoms with Crippen molar-refractivity contribution in [1.82, 2.24) is 0 Å². The van der Waals surface area contributed by atoms with Gasteiger partial charge < -0.3 is 19.7 Å². The fraction of sp³-hybridized carbons (Fsp3) is 0.500. The van der Waals surface area contributed by atoms with Crippen molar-refractivity contribution in [1.29, 1.82) is 0 Å². The molecule has 5 heteroatoms. The first kappa shape index (κ1) is 20.7. The summed E-state index contributed by atoms with van der Waals surface area (Å²) in [6.07, 6.45) is 5.90. The van der Waals surface area contributed by atoms with Crippen LogP contribution in [0.15, 0.2) is 42.5 Å². The van der Waals surface area contributed by atoms with Crippen LogP contribution in [0, 0.1) is 0 Å². The molecule has 4 nitrogen and oxygen atoms in total. The summed E-state index contributed by atoms with van der Waals surface area (Å²) in [4.78, 5) is 0. The van der Waals surface area contributed by atoms with Crippen LogP contribution in [0.25, 0.3) is 0 Å². The van der Waals surface area contributed by atoms with E-state index < -0.39 is 6.10 Å². The first-order valence-corrected chi connectivity index (χ1v) is 11.0. The molecule has 1 saturated carbocycles. The number of aliphatic hydroxyl groups excluding tert-OH is 2. The Kier molecular flexibility index (Phi) is 6.76. The lowest BCUT2D eigenvalue weighted by atomic mass is 9.94. The molecule has 2 fully saturated rings. The van der Waals surface area contributed by atoms with Gasteiger partial charge in [-0.05, 0) is 67.0 Å². The largest absolute Gasteiger partial charge is 0.490 e. The van der Waals surface area contributed by atoms with E-state index in [-0.39, 0.29) is 18.8 Å². The summed E-state index contributed by atoms with van der Waals surface area (Å²) in [5, 5.41) is 20.2. The summed E-state index contributed by atoms with van der Waals surface area (Å²) in [5.74, 6) is 0.931. The topological polar surface area (TPSA) is 58.9 Å². The molecule has 0 bridgehead atoms. The number of benzene rings is 2.